The maximum Gasteiger partial charge on any atom is 0.0466 e. The highest BCUT2D eigenvalue weighted by atomic mass is 16.5. The number of hydrogen-bond acceptors (Lipinski definition) is 1. The Balaban J connectivity index is 3.03. The summed E-state index contributed by atoms with van der Waals surface area (Å²) in [5.74, 6) is 0. The molecule has 0 saturated carbocycles. The summed E-state index contributed by atoms with van der Waals surface area (Å²) in [6.45, 7) is 6.61. The molecule has 0 aliphatic carbocycles. The van der Waals surface area contributed by atoms with Crippen LogP contribution in [0.4, 0.5) is 0 Å². The normalized spacial score (nSPS) is 11.6. The number of ether oxygens (including phenoxy) is 1. The van der Waals surface area contributed by atoms with Gasteiger partial charge in [-0.2, -0.15) is 0 Å². The third kappa shape index (κ3) is 44.0. The molecule has 0 fully saturated rings. The molecular formula is C44H90O. The Labute approximate surface area is 288 Å². The van der Waals surface area contributed by atoms with Crippen LogP contribution in [-0.4, -0.2) is 13.2 Å². The van der Waals surface area contributed by atoms with E-state index in [0.29, 0.717) is 0 Å². The third-order valence-corrected chi connectivity index (χ3v) is 10.3. The highest BCUT2D eigenvalue weighted by Gasteiger charge is 1.98. The summed E-state index contributed by atoms with van der Waals surface area (Å²) in [5, 5.41) is 0. The van der Waals surface area contributed by atoms with Crippen LogP contribution in [0.25, 0.3) is 0 Å². The van der Waals surface area contributed by atoms with Crippen LogP contribution in [0.1, 0.15) is 271 Å². The molecular weight excluding hydrogens is 544 g/mol. The van der Waals surface area contributed by atoms with Crippen molar-refractivity contribution >= 4 is 0 Å². The molecule has 0 rings (SSSR count). The van der Waals surface area contributed by atoms with Crippen LogP contribution in [0.3, 0.4) is 0 Å². The van der Waals surface area contributed by atoms with E-state index in [1.54, 1.807) is 0 Å². The standard InChI is InChI=1S/C44H90O/c1-3-5-7-9-11-13-15-17-19-21-23-24-25-26-28-30-32-34-36-38-40-42-44-45-43-41-39-37-35-33-31-29-27-22-20-18-16-14-12-10-8-6-4-2/h3-44H2,1-2H3. The summed E-state index contributed by atoms with van der Waals surface area (Å²) < 4.78 is 5.91. The number of hydrogen-bond donors (Lipinski definition) is 0. The molecule has 0 saturated heterocycles. The van der Waals surface area contributed by atoms with Gasteiger partial charge in [0.1, 0.15) is 0 Å². The second kappa shape index (κ2) is 44.0. The Hall–Kier alpha value is -0.0400. The van der Waals surface area contributed by atoms with E-state index in [1.807, 2.05) is 0 Å². The minimum atomic E-state index is 0.998. The molecule has 272 valence electrons. The Kier molecular flexibility index (Phi) is 43.9. The van der Waals surface area contributed by atoms with Gasteiger partial charge in [-0.15, -0.1) is 0 Å². The summed E-state index contributed by atoms with van der Waals surface area (Å²) in [6, 6.07) is 0. The smallest absolute Gasteiger partial charge is 0.0466 e. The Morgan fingerprint density at radius 3 is 0.467 bits per heavy atom. The molecule has 0 bridgehead atoms. The highest BCUT2D eigenvalue weighted by Crippen LogP contribution is 2.16. The lowest BCUT2D eigenvalue weighted by Crippen LogP contribution is -1.97. The van der Waals surface area contributed by atoms with Crippen molar-refractivity contribution in [1.82, 2.24) is 0 Å². The second-order valence-corrected chi connectivity index (χ2v) is 15.0. The van der Waals surface area contributed by atoms with Crippen LogP contribution in [0.5, 0.6) is 0 Å². The molecule has 0 aromatic rings. The van der Waals surface area contributed by atoms with E-state index in [-0.39, 0.29) is 0 Å². The van der Waals surface area contributed by atoms with Crippen LogP contribution in [0.2, 0.25) is 0 Å². The molecule has 0 spiro atoms. The second-order valence-electron chi connectivity index (χ2n) is 15.0. The van der Waals surface area contributed by atoms with Gasteiger partial charge in [-0.3, -0.25) is 0 Å². The Morgan fingerprint density at radius 2 is 0.311 bits per heavy atom. The monoisotopic (exact) mass is 635 g/mol. The van der Waals surface area contributed by atoms with Crippen molar-refractivity contribution in [2.45, 2.75) is 271 Å². The summed E-state index contributed by atoms with van der Waals surface area (Å²) in [7, 11) is 0. The molecule has 0 unspecified atom stereocenters. The van der Waals surface area contributed by atoms with Gasteiger partial charge in [-0.25, -0.2) is 0 Å². The molecule has 0 aliphatic rings. The summed E-state index contributed by atoms with van der Waals surface area (Å²) in [4.78, 5) is 0. The molecule has 0 atom stereocenters. The van der Waals surface area contributed by atoms with E-state index >= 15 is 0 Å². The van der Waals surface area contributed by atoms with Crippen molar-refractivity contribution in [1.29, 1.82) is 0 Å². The van der Waals surface area contributed by atoms with Gasteiger partial charge in [-0.1, -0.05) is 258 Å². The quantitative estimate of drug-likeness (QED) is 0.0607. The maximum atomic E-state index is 5.91. The predicted octanol–water partition coefficient (Wildman–Crippen LogP) is 16.6. The van der Waals surface area contributed by atoms with Crippen LogP contribution in [-0.2, 0) is 4.74 Å². The zero-order valence-electron chi connectivity index (χ0n) is 32.1. The van der Waals surface area contributed by atoms with Gasteiger partial charge in [0.2, 0.25) is 0 Å². The maximum absolute atomic E-state index is 5.91. The predicted molar refractivity (Wildman–Crippen MR) is 207 cm³/mol. The first kappa shape index (κ1) is 45.0. The van der Waals surface area contributed by atoms with Gasteiger partial charge in [0.15, 0.2) is 0 Å². The first-order valence-electron chi connectivity index (χ1n) is 22.0. The van der Waals surface area contributed by atoms with Gasteiger partial charge in [0, 0.05) is 13.2 Å². The zero-order valence-corrected chi connectivity index (χ0v) is 32.1. The molecule has 1 nitrogen and oxygen atoms in total. The summed E-state index contributed by atoms with van der Waals surface area (Å²) in [5.41, 5.74) is 0. The molecule has 0 amide bonds. The van der Waals surface area contributed by atoms with Gasteiger partial charge in [0.05, 0.1) is 0 Å². The minimum absolute atomic E-state index is 0.998. The first-order chi connectivity index (χ1) is 22.4. The van der Waals surface area contributed by atoms with Crippen LogP contribution >= 0.6 is 0 Å². The van der Waals surface area contributed by atoms with Crippen molar-refractivity contribution in [3.63, 3.8) is 0 Å². The SMILES string of the molecule is CCCCCCCCCCCCCCCCCCCCCCCCOCCCCCCCCCCCCCCCCCCCC. The number of unbranched alkanes of at least 4 members (excludes halogenated alkanes) is 38. The van der Waals surface area contributed by atoms with Crippen molar-refractivity contribution in [3.8, 4) is 0 Å². The largest absolute Gasteiger partial charge is 0.381 e. The fourth-order valence-electron chi connectivity index (χ4n) is 7.02. The molecule has 0 radical (unpaired) electrons. The fourth-order valence-corrected chi connectivity index (χ4v) is 7.02. The lowest BCUT2D eigenvalue weighted by Gasteiger charge is -2.06. The lowest BCUT2D eigenvalue weighted by atomic mass is 10.0. The summed E-state index contributed by atoms with van der Waals surface area (Å²) >= 11 is 0. The van der Waals surface area contributed by atoms with Crippen LogP contribution in [0.15, 0.2) is 0 Å². The van der Waals surface area contributed by atoms with E-state index in [1.165, 1.54) is 257 Å². The van der Waals surface area contributed by atoms with Gasteiger partial charge < -0.3 is 4.74 Å². The Bertz CT molecular complexity index is 432. The van der Waals surface area contributed by atoms with E-state index < -0.39 is 0 Å². The first-order valence-corrected chi connectivity index (χ1v) is 22.0. The molecule has 0 aromatic carbocycles. The molecule has 0 N–H and O–H groups in total. The average Bonchev–Trinajstić information content (AvgIpc) is 3.05. The molecule has 45 heavy (non-hydrogen) atoms. The third-order valence-electron chi connectivity index (χ3n) is 10.3. The van der Waals surface area contributed by atoms with Crippen LogP contribution in [0, 0.1) is 0 Å². The lowest BCUT2D eigenvalue weighted by molar-refractivity contribution is 0.125. The van der Waals surface area contributed by atoms with Crippen molar-refractivity contribution in [2.24, 2.45) is 0 Å². The van der Waals surface area contributed by atoms with E-state index in [4.69, 9.17) is 4.74 Å². The fraction of sp³-hybridized carbons (Fsp3) is 1.00. The van der Waals surface area contributed by atoms with Gasteiger partial charge in [0.25, 0.3) is 0 Å². The summed E-state index contributed by atoms with van der Waals surface area (Å²) in [6.07, 6.45) is 58.0. The van der Waals surface area contributed by atoms with E-state index in [2.05, 4.69) is 13.8 Å². The average molecular weight is 635 g/mol. The van der Waals surface area contributed by atoms with Crippen molar-refractivity contribution < 1.29 is 4.74 Å². The zero-order chi connectivity index (χ0) is 32.4. The minimum Gasteiger partial charge on any atom is -0.381 e. The highest BCUT2D eigenvalue weighted by molar-refractivity contribution is 4.53. The Morgan fingerprint density at radius 1 is 0.178 bits per heavy atom. The molecule has 0 heterocycles. The van der Waals surface area contributed by atoms with Gasteiger partial charge >= 0.3 is 0 Å². The topological polar surface area (TPSA) is 9.23 Å². The molecule has 1 heteroatoms. The van der Waals surface area contributed by atoms with Crippen molar-refractivity contribution in [2.75, 3.05) is 13.2 Å². The number of rotatable bonds is 42. The van der Waals surface area contributed by atoms with Gasteiger partial charge in [-0.05, 0) is 12.8 Å². The van der Waals surface area contributed by atoms with Crippen LogP contribution < -0.4 is 0 Å². The van der Waals surface area contributed by atoms with E-state index in [0.717, 1.165) is 13.2 Å². The van der Waals surface area contributed by atoms with Crippen molar-refractivity contribution in [3.05, 3.63) is 0 Å². The molecule has 0 aliphatic heterocycles. The molecule has 0 aromatic heterocycles. The van der Waals surface area contributed by atoms with E-state index in [9.17, 15) is 0 Å².